The average Bonchev–Trinajstić information content (AvgIpc) is 2.66. The van der Waals surface area contributed by atoms with Crippen LogP contribution in [0.25, 0.3) is 0 Å². The second kappa shape index (κ2) is 10.5. The predicted molar refractivity (Wildman–Crippen MR) is 115 cm³/mol. The highest BCUT2D eigenvalue weighted by Gasteiger charge is 2.25. The molecule has 0 spiro atoms. The van der Waals surface area contributed by atoms with Crippen LogP contribution in [0, 0.1) is 6.92 Å². The summed E-state index contributed by atoms with van der Waals surface area (Å²) < 4.78 is 0.954. The lowest BCUT2D eigenvalue weighted by atomic mass is 10.1. The van der Waals surface area contributed by atoms with Gasteiger partial charge in [-0.1, -0.05) is 45.8 Å². The molecule has 6 heteroatoms. The SMILES string of the molecule is CNC(=O)[C@@H](C)N(Cc1cccc(Br)c1)C(=O)CCSc1ccc(C)cc1. The van der Waals surface area contributed by atoms with E-state index in [-0.39, 0.29) is 11.8 Å². The van der Waals surface area contributed by atoms with Gasteiger partial charge in [0.25, 0.3) is 0 Å². The van der Waals surface area contributed by atoms with Crippen LogP contribution in [0.4, 0.5) is 0 Å². The third-order valence-corrected chi connectivity index (χ3v) is 5.77. The molecule has 0 radical (unpaired) electrons. The summed E-state index contributed by atoms with van der Waals surface area (Å²) in [5, 5.41) is 2.64. The quantitative estimate of drug-likeness (QED) is 0.608. The molecule has 0 aliphatic rings. The molecule has 2 aromatic rings. The minimum Gasteiger partial charge on any atom is -0.357 e. The van der Waals surface area contributed by atoms with Crippen LogP contribution in [0.5, 0.6) is 0 Å². The lowest BCUT2D eigenvalue weighted by Gasteiger charge is -2.28. The second-order valence-corrected chi connectivity index (χ2v) is 8.44. The molecule has 2 aromatic carbocycles. The Balaban J connectivity index is 2.03. The molecule has 2 amide bonds. The fourth-order valence-electron chi connectivity index (χ4n) is 2.66. The molecular formula is C21H25BrN2O2S. The minimum absolute atomic E-state index is 0.0225. The minimum atomic E-state index is -0.522. The maximum atomic E-state index is 12.9. The van der Waals surface area contributed by atoms with Crippen molar-refractivity contribution in [1.29, 1.82) is 0 Å². The summed E-state index contributed by atoms with van der Waals surface area (Å²) >= 11 is 5.11. The van der Waals surface area contributed by atoms with Crippen molar-refractivity contribution in [3.05, 3.63) is 64.1 Å². The number of nitrogens with one attached hydrogen (secondary N) is 1. The topological polar surface area (TPSA) is 49.4 Å². The molecule has 27 heavy (non-hydrogen) atoms. The molecule has 0 aliphatic carbocycles. The van der Waals surface area contributed by atoms with Crippen molar-refractivity contribution < 1.29 is 9.59 Å². The number of amides is 2. The molecule has 0 heterocycles. The maximum absolute atomic E-state index is 12.9. The Morgan fingerprint density at radius 1 is 1.19 bits per heavy atom. The summed E-state index contributed by atoms with van der Waals surface area (Å²) in [6, 6.07) is 15.5. The predicted octanol–water partition coefficient (Wildman–Crippen LogP) is 4.40. The number of carbonyl (C=O) groups is 2. The molecule has 0 saturated heterocycles. The van der Waals surface area contributed by atoms with Crippen molar-refractivity contribution in [2.45, 2.75) is 37.8 Å². The average molecular weight is 449 g/mol. The fraction of sp³-hybridized carbons (Fsp3) is 0.333. The van der Waals surface area contributed by atoms with E-state index >= 15 is 0 Å². The second-order valence-electron chi connectivity index (χ2n) is 6.35. The number of rotatable bonds is 8. The Kier molecular flexibility index (Phi) is 8.38. The van der Waals surface area contributed by atoms with Gasteiger partial charge in [0.15, 0.2) is 0 Å². The summed E-state index contributed by atoms with van der Waals surface area (Å²) in [4.78, 5) is 27.8. The largest absolute Gasteiger partial charge is 0.357 e. The van der Waals surface area contributed by atoms with Crippen LogP contribution in [0.1, 0.15) is 24.5 Å². The van der Waals surface area contributed by atoms with E-state index in [9.17, 15) is 9.59 Å². The zero-order valence-electron chi connectivity index (χ0n) is 15.9. The van der Waals surface area contributed by atoms with Gasteiger partial charge in [-0.25, -0.2) is 0 Å². The van der Waals surface area contributed by atoms with Gasteiger partial charge in [0.05, 0.1) is 0 Å². The summed E-state index contributed by atoms with van der Waals surface area (Å²) in [5.41, 5.74) is 2.20. The van der Waals surface area contributed by atoms with Gasteiger partial charge in [-0.15, -0.1) is 11.8 Å². The number of benzene rings is 2. The zero-order chi connectivity index (χ0) is 19.8. The normalized spacial score (nSPS) is 11.7. The van der Waals surface area contributed by atoms with Crippen LogP contribution in [-0.2, 0) is 16.1 Å². The molecule has 0 aromatic heterocycles. The van der Waals surface area contributed by atoms with Gasteiger partial charge in [-0.2, -0.15) is 0 Å². The van der Waals surface area contributed by atoms with Gasteiger partial charge < -0.3 is 10.2 Å². The summed E-state index contributed by atoms with van der Waals surface area (Å²) in [7, 11) is 1.59. The van der Waals surface area contributed by atoms with Gasteiger partial charge in [-0.05, 0) is 43.7 Å². The molecule has 1 atom stereocenters. The van der Waals surface area contributed by atoms with Crippen molar-refractivity contribution in [3.63, 3.8) is 0 Å². The Morgan fingerprint density at radius 3 is 2.52 bits per heavy atom. The van der Waals surface area contributed by atoms with Gasteiger partial charge >= 0.3 is 0 Å². The number of hydrogen-bond donors (Lipinski definition) is 1. The third-order valence-electron chi connectivity index (χ3n) is 4.26. The molecule has 0 aliphatic heterocycles. The Bertz CT molecular complexity index is 780. The number of hydrogen-bond acceptors (Lipinski definition) is 3. The van der Waals surface area contributed by atoms with E-state index in [1.807, 2.05) is 24.3 Å². The van der Waals surface area contributed by atoms with Gasteiger partial charge in [0.2, 0.25) is 11.8 Å². The van der Waals surface area contributed by atoms with E-state index in [0.717, 1.165) is 14.9 Å². The van der Waals surface area contributed by atoms with Crippen LogP contribution >= 0.6 is 27.7 Å². The highest BCUT2D eigenvalue weighted by molar-refractivity contribution is 9.10. The highest BCUT2D eigenvalue weighted by atomic mass is 79.9. The van der Waals surface area contributed by atoms with E-state index in [2.05, 4.69) is 52.4 Å². The van der Waals surface area contributed by atoms with E-state index in [1.54, 1.807) is 30.6 Å². The molecule has 4 nitrogen and oxygen atoms in total. The van der Waals surface area contributed by atoms with E-state index < -0.39 is 6.04 Å². The first kappa shape index (κ1) is 21.5. The molecule has 1 N–H and O–H groups in total. The Hall–Kier alpha value is -1.79. The molecule has 0 unspecified atom stereocenters. The van der Waals surface area contributed by atoms with Crippen LogP contribution in [0.15, 0.2) is 57.9 Å². The van der Waals surface area contributed by atoms with Gasteiger partial charge in [0, 0.05) is 35.1 Å². The lowest BCUT2D eigenvalue weighted by molar-refractivity contribution is -0.140. The molecular weight excluding hydrogens is 424 g/mol. The Morgan fingerprint density at radius 2 is 1.89 bits per heavy atom. The number of thioether (sulfide) groups is 1. The number of likely N-dealkylation sites (N-methyl/N-ethyl adjacent to an activating group) is 1. The molecule has 0 bridgehead atoms. The maximum Gasteiger partial charge on any atom is 0.242 e. The fourth-order valence-corrected chi connectivity index (χ4v) is 3.95. The van der Waals surface area contributed by atoms with Gasteiger partial charge in [0.1, 0.15) is 6.04 Å². The van der Waals surface area contributed by atoms with Gasteiger partial charge in [-0.3, -0.25) is 9.59 Å². The molecule has 0 saturated carbocycles. The first-order valence-corrected chi connectivity index (χ1v) is 10.6. The third kappa shape index (κ3) is 6.70. The van der Waals surface area contributed by atoms with E-state index in [0.29, 0.717) is 18.7 Å². The summed E-state index contributed by atoms with van der Waals surface area (Å²) in [6.07, 6.45) is 0.383. The number of nitrogens with zero attached hydrogens (tertiary/aromatic N) is 1. The van der Waals surface area contributed by atoms with Crippen LogP contribution < -0.4 is 5.32 Å². The van der Waals surface area contributed by atoms with Crippen molar-refractivity contribution in [2.75, 3.05) is 12.8 Å². The lowest BCUT2D eigenvalue weighted by Crippen LogP contribution is -2.46. The molecule has 2 rings (SSSR count). The number of carbonyl (C=O) groups excluding carboxylic acids is 2. The summed E-state index contributed by atoms with van der Waals surface area (Å²) in [5.74, 6) is 0.493. The van der Waals surface area contributed by atoms with Crippen molar-refractivity contribution in [1.82, 2.24) is 10.2 Å². The first-order valence-electron chi connectivity index (χ1n) is 8.85. The van der Waals surface area contributed by atoms with Crippen LogP contribution in [-0.4, -0.2) is 35.6 Å². The van der Waals surface area contributed by atoms with Crippen LogP contribution in [0.2, 0.25) is 0 Å². The first-order chi connectivity index (χ1) is 12.9. The number of halogens is 1. The molecule has 144 valence electrons. The van der Waals surface area contributed by atoms with Crippen LogP contribution in [0.3, 0.4) is 0 Å². The molecule has 0 fully saturated rings. The smallest absolute Gasteiger partial charge is 0.242 e. The summed E-state index contributed by atoms with van der Waals surface area (Å²) in [6.45, 7) is 4.22. The highest BCUT2D eigenvalue weighted by Crippen LogP contribution is 2.21. The Labute approximate surface area is 173 Å². The van der Waals surface area contributed by atoms with E-state index in [4.69, 9.17) is 0 Å². The van der Waals surface area contributed by atoms with E-state index in [1.165, 1.54) is 5.56 Å². The van der Waals surface area contributed by atoms with Crippen molar-refractivity contribution in [2.24, 2.45) is 0 Å². The monoisotopic (exact) mass is 448 g/mol. The standard InChI is InChI=1S/C21H25BrN2O2S/c1-15-7-9-19(10-8-15)27-12-11-20(25)24(16(2)21(26)23-3)14-17-5-4-6-18(22)13-17/h4-10,13,16H,11-12,14H2,1-3H3,(H,23,26)/t16-/m1/s1. The number of aryl methyl sites for hydroxylation is 1. The zero-order valence-corrected chi connectivity index (χ0v) is 18.3. The van der Waals surface area contributed by atoms with Crippen molar-refractivity contribution in [3.8, 4) is 0 Å². The van der Waals surface area contributed by atoms with Crippen molar-refractivity contribution >= 4 is 39.5 Å².